The number of hydrogen-bond acceptors (Lipinski definition) is 5. The molecule has 5 nitrogen and oxygen atoms in total. The number of rotatable bonds is 6. The minimum Gasteiger partial charge on any atom is -0.490 e. The second-order valence-electron chi connectivity index (χ2n) is 5.46. The molecule has 3 rings (SSSR count). The van der Waals surface area contributed by atoms with Crippen molar-refractivity contribution in [1.29, 1.82) is 0 Å². The van der Waals surface area contributed by atoms with Gasteiger partial charge in [0.05, 0.1) is 13.2 Å². The van der Waals surface area contributed by atoms with Gasteiger partial charge in [0.1, 0.15) is 0 Å². The number of oxime groups is 1. The Morgan fingerprint density at radius 2 is 1.79 bits per heavy atom. The van der Waals surface area contributed by atoms with E-state index in [1.54, 1.807) is 0 Å². The molecule has 1 aliphatic heterocycles. The van der Waals surface area contributed by atoms with E-state index in [0.29, 0.717) is 19.0 Å². The van der Waals surface area contributed by atoms with E-state index in [1.807, 2.05) is 50.2 Å². The second-order valence-corrected chi connectivity index (χ2v) is 5.46. The molecular formula is C19H22N2O3. The van der Waals surface area contributed by atoms with Gasteiger partial charge in [0.15, 0.2) is 17.3 Å². The molecule has 0 saturated carbocycles. The lowest BCUT2D eigenvalue weighted by Crippen LogP contribution is -2.24. The van der Waals surface area contributed by atoms with E-state index in [-0.39, 0.29) is 6.23 Å². The molecule has 0 amide bonds. The summed E-state index contributed by atoms with van der Waals surface area (Å²) in [5.74, 6) is 2.19. The molecule has 5 heteroatoms. The maximum absolute atomic E-state index is 5.67. The molecule has 1 aliphatic rings. The van der Waals surface area contributed by atoms with Crippen LogP contribution in [0.15, 0.2) is 47.6 Å². The molecule has 0 fully saturated rings. The Labute approximate surface area is 142 Å². The largest absolute Gasteiger partial charge is 0.490 e. The van der Waals surface area contributed by atoms with Crippen molar-refractivity contribution in [3.05, 3.63) is 59.2 Å². The topological polar surface area (TPSA) is 52.1 Å². The van der Waals surface area contributed by atoms with Crippen molar-refractivity contribution < 1.29 is 14.3 Å². The van der Waals surface area contributed by atoms with E-state index >= 15 is 0 Å². The zero-order chi connectivity index (χ0) is 16.9. The summed E-state index contributed by atoms with van der Waals surface area (Å²) in [6, 6.07) is 13.9. The fraction of sp³-hybridized carbons (Fsp3) is 0.316. The lowest BCUT2D eigenvalue weighted by molar-refractivity contribution is 0.0726. The molecule has 2 aromatic carbocycles. The monoisotopic (exact) mass is 326 g/mol. The van der Waals surface area contributed by atoms with E-state index < -0.39 is 0 Å². The van der Waals surface area contributed by atoms with E-state index in [1.165, 1.54) is 0 Å². The number of nitrogens with zero attached hydrogens (tertiary/aromatic N) is 1. The van der Waals surface area contributed by atoms with Crippen molar-refractivity contribution >= 4 is 5.84 Å². The third-order valence-corrected chi connectivity index (χ3v) is 3.79. The average molecular weight is 326 g/mol. The molecule has 1 N–H and O–H groups in total. The Balaban J connectivity index is 1.79. The van der Waals surface area contributed by atoms with Gasteiger partial charge in [-0.2, -0.15) is 0 Å². The van der Waals surface area contributed by atoms with Crippen LogP contribution in [0.3, 0.4) is 0 Å². The Morgan fingerprint density at radius 1 is 1.04 bits per heavy atom. The van der Waals surface area contributed by atoms with Crippen molar-refractivity contribution in [1.82, 2.24) is 5.32 Å². The lowest BCUT2D eigenvalue weighted by Gasteiger charge is -2.15. The van der Waals surface area contributed by atoms with Gasteiger partial charge in [-0.15, -0.1) is 0 Å². The zero-order valence-corrected chi connectivity index (χ0v) is 14.2. The first kappa shape index (κ1) is 16.2. The summed E-state index contributed by atoms with van der Waals surface area (Å²) in [6.45, 7) is 7.13. The maximum atomic E-state index is 5.67. The molecule has 0 radical (unpaired) electrons. The van der Waals surface area contributed by atoms with Crippen LogP contribution in [-0.2, 0) is 4.84 Å². The highest BCUT2D eigenvalue weighted by Gasteiger charge is 2.24. The first-order valence-electron chi connectivity index (χ1n) is 8.18. The van der Waals surface area contributed by atoms with Crippen LogP contribution in [0, 0.1) is 6.92 Å². The number of amidine groups is 1. The molecule has 0 aromatic heterocycles. The van der Waals surface area contributed by atoms with Gasteiger partial charge in [0, 0.05) is 11.1 Å². The number of aryl methyl sites for hydroxylation is 1. The molecule has 126 valence electrons. The maximum Gasteiger partial charge on any atom is 0.225 e. The van der Waals surface area contributed by atoms with E-state index in [9.17, 15) is 0 Å². The highest BCUT2D eigenvalue weighted by atomic mass is 16.7. The molecule has 1 atom stereocenters. The quantitative estimate of drug-likeness (QED) is 0.878. The van der Waals surface area contributed by atoms with Gasteiger partial charge in [-0.1, -0.05) is 29.4 Å². The molecule has 1 heterocycles. The number of nitrogens with one attached hydrogen (secondary N) is 1. The van der Waals surface area contributed by atoms with Crippen LogP contribution in [0.1, 0.15) is 36.8 Å². The molecule has 2 aromatic rings. The Hall–Kier alpha value is -2.69. The summed E-state index contributed by atoms with van der Waals surface area (Å²) in [7, 11) is 0. The average Bonchev–Trinajstić information content (AvgIpc) is 3.07. The molecule has 24 heavy (non-hydrogen) atoms. The van der Waals surface area contributed by atoms with Crippen LogP contribution in [0.4, 0.5) is 0 Å². The molecule has 1 unspecified atom stereocenters. The predicted molar refractivity (Wildman–Crippen MR) is 93.5 cm³/mol. The normalized spacial score (nSPS) is 16.1. The van der Waals surface area contributed by atoms with Crippen molar-refractivity contribution in [2.24, 2.45) is 5.16 Å². The second kappa shape index (κ2) is 7.25. The summed E-state index contributed by atoms with van der Waals surface area (Å²) in [5, 5.41) is 7.51. The van der Waals surface area contributed by atoms with Gasteiger partial charge >= 0.3 is 0 Å². The molecule has 0 spiro atoms. The molecule has 0 saturated heterocycles. The van der Waals surface area contributed by atoms with E-state index in [0.717, 1.165) is 28.3 Å². The summed E-state index contributed by atoms with van der Waals surface area (Å²) in [5.41, 5.74) is 3.12. The van der Waals surface area contributed by atoms with Crippen LogP contribution >= 0.6 is 0 Å². The smallest absolute Gasteiger partial charge is 0.225 e. The standard InChI is InChI=1S/C19H22N2O3/c1-4-22-16-11-10-14(12-17(16)23-5-2)19-20-18(21-24-19)15-9-7-6-8-13(15)3/h6-12,19H,4-5H2,1-3H3,(H,20,21). The molecule has 0 aliphatic carbocycles. The van der Waals surface area contributed by atoms with Crippen LogP contribution < -0.4 is 14.8 Å². The van der Waals surface area contributed by atoms with Crippen LogP contribution in [0.2, 0.25) is 0 Å². The molecular weight excluding hydrogens is 304 g/mol. The van der Waals surface area contributed by atoms with Gasteiger partial charge in [0.25, 0.3) is 0 Å². The van der Waals surface area contributed by atoms with E-state index in [4.69, 9.17) is 14.3 Å². The minimum atomic E-state index is -0.338. The first-order valence-corrected chi connectivity index (χ1v) is 8.18. The predicted octanol–water partition coefficient (Wildman–Crippen LogP) is 3.77. The lowest BCUT2D eigenvalue weighted by atomic mass is 10.1. The number of ether oxygens (including phenoxy) is 2. The fourth-order valence-electron chi connectivity index (χ4n) is 2.62. The summed E-state index contributed by atoms with van der Waals surface area (Å²) < 4.78 is 11.3. The summed E-state index contributed by atoms with van der Waals surface area (Å²) in [4.78, 5) is 5.57. The third-order valence-electron chi connectivity index (χ3n) is 3.79. The van der Waals surface area contributed by atoms with Gasteiger partial charge < -0.3 is 19.6 Å². The van der Waals surface area contributed by atoms with Crippen LogP contribution in [0.25, 0.3) is 0 Å². The van der Waals surface area contributed by atoms with Gasteiger partial charge in [-0.3, -0.25) is 0 Å². The van der Waals surface area contributed by atoms with Crippen molar-refractivity contribution in [2.75, 3.05) is 13.2 Å². The van der Waals surface area contributed by atoms with Crippen molar-refractivity contribution in [3.8, 4) is 11.5 Å². The fourth-order valence-corrected chi connectivity index (χ4v) is 2.62. The van der Waals surface area contributed by atoms with E-state index in [2.05, 4.69) is 23.5 Å². The van der Waals surface area contributed by atoms with Crippen molar-refractivity contribution in [3.63, 3.8) is 0 Å². The van der Waals surface area contributed by atoms with Gasteiger partial charge in [-0.05, 0) is 44.5 Å². The number of hydrogen-bond donors (Lipinski definition) is 1. The Morgan fingerprint density at radius 3 is 2.54 bits per heavy atom. The van der Waals surface area contributed by atoms with Crippen LogP contribution in [0.5, 0.6) is 11.5 Å². The van der Waals surface area contributed by atoms with Gasteiger partial charge in [-0.25, -0.2) is 0 Å². The molecule has 0 bridgehead atoms. The number of benzene rings is 2. The van der Waals surface area contributed by atoms with Crippen LogP contribution in [-0.4, -0.2) is 19.0 Å². The highest BCUT2D eigenvalue weighted by Crippen LogP contribution is 2.32. The first-order chi connectivity index (χ1) is 11.7. The summed E-state index contributed by atoms with van der Waals surface area (Å²) in [6.07, 6.45) is -0.338. The zero-order valence-electron chi connectivity index (χ0n) is 14.2. The third kappa shape index (κ3) is 3.30. The van der Waals surface area contributed by atoms with Crippen molar-refractivity contribution in [2.45, 2.75) is 27.0 Å². The SMILES string of the molecule is CCOc1ccc(C2NC(c3ccccc3C)=NO2)cc1OCC. The Kier molecular flexibility index (Phi) is 4.89. The summed E-state index contributed by atoms with van der Waals surface area (Å²) >= 11 is 0. The Bertz CT molecular complexity index is 743. The van der Waals surface area contributed by atoms with Gasteiger partial charge in [0.2, 0.25) is 6.23 Å². The minimum absolute atomic E-state index is 0.338. The highest BCUT2D eigenvalue weighted by molar-refractivity contribution is 6.00.